The molecular formula is C11H21N3OS. The van der Waals surface area contributed by atoms with Gasteiger partial charge in [-0.2, -0.15) is 0 Å². The van der Waals surface area contributed by atoms with E-state index in [1.54, 1.807) is 0 Å². The first-order valence-electron chi connectivity index (χ1n) is 5.60. The van der Waals surface area contributed by atoms with Gasteiger partial charge in [-0.1, -0.05) is 25.3 Å². The minimum absolute atomic E-state index is 0.246. The molecule has 5 heteroatoms. The maximum absolute atomic E-state index is 8.89. The molecule has 1 N–H and O–H groups in total. The first kappa shape index (κ1) is 13.5. The largest absolute Gasteiger partial charge is 0.396 e. The number of aliphatic hydroxyl groups is 1. The third-order valence-corrected chi connectivity index (χ3v) is 2.67. The lowest BCUT2D eigenvalue weighted by atomic mass is 9.96. The van der Waals surface area contributed by atoms with Crippen molar-refractivity contribution in [1.29, 1.82) is 0 Å². The predicted octanol–water partition coefficient (Wildman–Crippen LogP) is 1.77. The van der Waals surface area contributed by atoms with Crippen LogP contribution in [0.3, 0.4) is 0 Å². The van der Waals surface area contributed by atoms with E-state index in [2.05, 4.69) is 35.3 Å². The topological polar surface area (TPSA) is 49.2 Å². The van der Waals surface area contributed by atoms with Gasteiger partial charge in [0.05, 0.1) is 5.69 Å². The Balaban J connectivity index is 2.50. The van der Waals surface area contributed by atoms with E-state index in [0.29, 0.717) is 0 Å². The summed E-state index contributed by atoms with van der Waals surface area (Å²) in [6, 6.07) is 0. The minimum atomic E-state index is 0.246. The van der Waals surface area contributed by atoms with Crippen molar-refractivity contribution < 1.29 is 5.11 Å². The van der Waals surface area contributed by atoms with Crippen LogP contribution in [0.1, 0.15) is 32.9 Å². The lowest BCUT2D eigenvalue weighted by Gasteiger charge is -2.29. The van der Waals surface area contributed by atoms with Crippen LogP contribution < -0.4 is 0 Å². The molecule has 1 rings (SSSR count). The van der Waals surface area contributed by atoms with Gasteiger partial charge in [-0.15, -0.1) is 5.10 Å². The molecule has 1 aromatic heterocycles. The Kier molecular flexibility index (Phi) is 5.31. The van der Waals surface area contributed by atoms with Crippen LogP contribution in [0.2, 0.25) is 0 Å². The molecule has 0 saturated heterocycles. The fourth-order valence-corrected chi connectivity index (χ4v) is 2.10. The van der Waals surface area contributed by atoms with Gasteiger partial charge in [0.15, 0.2) is 0 Å². The molecular weight excluding hydrogens is 222 g/mol. The van der Waals surface area contributed by atoms with Crippen molar-refractivity contribution in [2.24, 2.45) is 5.41 Å². The summed E-state index contributed by atoms with van der Waals surface area (Å²) in [5, 5.41) is 14.9. The van der Waals surface area contributed by atoms with Crippen LogP contribution >= 0.6 is 11.5 Å². The maximum Gasteiger partial charge on any atom is 0.0895 e. The smallest absolute Gasteiger partial charge is 0.0895 e. The molecule has 1 heterocycles. The molecule has 0 bridgehead atoms. The number of aromatic nitrogens is 2. The Bertz CT molecular complexity index is 282. The van der Waals surface area contributed by atoms with Crippen LogP contribution in [-0.2, 0) is 6.54 Å². The van der Waals surface area contributed by atoms with Gasteiger partial charge in [0.2, 0.25) is 0 Å². The number of aliphatic hydroxyl groups excluding tert-OH is 1. The van der Waals surface area contributed by atoms with Crippen molar-refractivity contribution in [1.82, 2.24) is 14.5 Å². The Morgan fingerprint density at radius 1 is 1.44 bits per heavy atom. The quantitative estimate of drug-likeness (QED) is 0.827. The third-order valence-electron chi connectivity index (χ3n) is 2.12. The normalized spacial score (nSPS) is 12.3. The molecule has 4 nitrogen and oxygen atoms in total. The highest BCUT2D eigenvalue weighted by molar-refractivity contribution is 7.03. The Morgan fingerprint density at radius 3 is 2.69 bits per heavy atom. The van der Waals surface area contributed by atoms with Gasteiger partial charge in [0, 0.05) is 31.6 Å². The number of rotatable bonds is 6. The van der Waals surface area contributed by atoms with Gasteiger partial charge in [0.25, 0.3) is 0 Å². The van der Waals surface area contributed by atoms with Crippen LogP contribution in [-0.4, -0.2) is 39.3 Å². The summed E-state index contributed by atoms with van der Waals surface area (Å²) >= 11 is 1.39. The molecule has 1 aromatic rings. The van der Waals surface area contributed by atoms with Crippen molar-refractivity contribution in [3.05, 3.63) is 11.1 Å². The van der Waals surface area contributed by atoms with E-state index in [1.165, 1.54) is 11.5 Å². The second-order valence-corrected chi connectivity index (χ2v) is 5.85. The molecule has 0 saturated carbocycles. The zero-order valence-corrected chi connectivity index (χ0v) is 11.1. The average molecular weight is 243 g/mol. The van der Waals surface area contributed by atoms with E-state index >= 15 is 0 Å². The molecule has 0 aliphatic carbocycles. The second kappa shape index (κ2) is 6.27. The van der Waals surface area contributed by atoms with Crippen LogP contribution in [0, 0.1) is 5.41 Å². The van der Waals surface area contributed by atoms with Crippen LogP contribution in [0.4, 0.5) is 0 Å². The fraction of sp³-hybridized carbons (Fsp3) is 0.818. The van der Waals surface area contributed by atoms with Gasteiger partial charge in [0.1, 0.15) is 0 Å². The average Bonchev–Trinajstić information content (AvgIpc) is 2.64. The van der Waals surface area contributed by atoms with Gasteiger partial charge in [-0.05, 0) is 23.4 Å². The molecule has 0 aliphatic heterocycles. The molecule has 0 fully saturated rings. The first-order valence-corrected chi connectivity index (χ1v) is 6.44. The molecule has 0 unspecified atom stereocenters. The summed E-state index contributed by atoms with van der Waals surface area (Å²) in [6.45, 7) is 9.65. The highest BCUT2D eigenvalue weighted by Gasteiger charge is 2.17. The number of hydrogen-bond acceptors (Lipinski definition) is 5. The van der Waals surface area contributed by atoms with Crippen LogP contribution in [0.5, 0.6) is 0 Å². The molecule has 0 amide bonds. The summed E-state index contributed by atoms with van der Waals surface area (Å²) in [4.78, 5) is 2.33. The highest BCUT2D eigenvalue weighted by Crippen LogP contribution is 2.17. The van der Waals surface area contributed by atoms with Gasteiger partial charge < -0.3 is 5.11 Å². The summed E-state index contributed by atoms with van der Waals surface area (Å²) < 4.78 is 3.87. The summed E-state index contributed by atoms with van der Waals surface area (Å²) in [5.41, 5.74) is 1.28. The van der Waals surface area contributed by atoms with E-state index in [4.69, 9.17) is 5.11 Å². The van der Waals surface area contributed by atoms with Gasteiger partial charge in [-0.25, -0.2) is 0 Å². The lowest BCUT2D eigenvalue weighted by Crippen LogP contribution is -2.33. The lowest BCUT2D eigenvalue weighted by molar-refractivity contribution is 0.164. The number of hydrogen-bond donors (Lipinski definition) is 1. The van der Waals surface area contributed by atoms with Crippen molar-refractivity contribution in [2.75, 3.05) is 19.7 Å². The van der Waals surface area contributed by atoms with Gasteiger partial charge >= 0.3 is 0 Å². The van der Waals surface area contributed by atoms with E-state index in [9.17, 15) is 0 Å². The summed E-state index contributed by atoms with van der Waals surface area (Å²) in [6.07, 6.45) is 0.813. The third kappa shape index (κ3) is 5.53. The van der Waals surface area contributed by atoms with Crippen LogP contribution in [0.15, 0.2) is 5.38 Å². The van der Waals surface area contributed by atoms with E-state index in [-0.39, 0.29) is 12.0 Å². The number of nitrogens with zero attached hydrogens (tertiary/aromatic N) is 3. The zero-order chi connectivity index (χ0) is 12.0. The Morgan fingerprint density at radius 2 is 2.19 bits per heavy atom. The monoisotopic (exact) mass is 243 g/mol. The fourth-order valence-electron chi connectivity index (χ4n) is 1.66. The van der Waals surface area contributed by atoms with Crippen molar-refractivity contribution in [3.8, 4) is 0 Å². The SMILES string of the molecule is CC(C)(C)CN(CCCO)Cc1csnn1. The molecule has 0 atom stereocenters. The Labute approximate surface area is 101 Å². The molecule has 92 valence electrons. The summed E-state index contributed by atoms with van der Waals surface area (Å²) in [5.74, 6) is 0. The van der Waals surface area contributed by atoms with Crippen molar-refractivity contribution in [3.63, 3.8) is 0 Å². The summed E-state index contributed by atoms with van der Waals surface area (Å²) in [7, 11) is 0. The first-order chi connectivity index (χ1) is 7.51. The standard InChI is InChI=1S/C11H21N3OS/c1-11(2,3)9-14(5-4-6-15)7-10-8-16-13-12-10/h8,15H,4-7,9H2,1-3H3. The van der Waals surface area contributed by atoms with Crippen LogP contribution in [0.25, 0.3) is 0 Å². The molecule has 0 aliphatic rings. The maximum atomic E-state index is 8.89. The van der Waals surface area contributed by atoms with Crippen molar-refractivity contribution >= 4 is 11.5 Å². The molecule has 16 heavy (non-hydrogen) atoms. The molecule has 0 aromatic carbocycles. The molecule has 0 spiro atoms. The van der Waals surface area contributed by atoms with E-state index < -0.39 is 0 Å². The molecule has 0 radical (unpaired) electrons. The highest BCUT2D eigenvalue weighted by atomic mass is 32.1. The van der Waals surface area contributed by atoms with Gasteiger partial charge in [-0.3, -0.25) is 4.90 Å². The second-order valence-electron chi connectivity index (χ2n) is 5.24. The Hall–Kier alpha value is -0.520. The minimum Gasteiger partial charge on any atom is -0.396 e. The predicted molar refractivity (Wildman–Crippen MR) is 66.3 cm³/mol. The van der Waals surface area contributed by atoms with E-state index in [1.807, 2.05) is 5.38 Å². The zero-order valence-electron chi connectivity index (χ0n) is 10.3. The van der Waals surface area contributed by atoms with Crippen molar-refractivity contribution in [2.45, 2.75) is 33.7 Å². The van der Waals surface area contributed by atoms with E-state index in [0.717, 1.165) is 31.7 Å².